The van der Waals surface area contributed by atoms with Crippen molar-refractivity contribution in [1.82, 2.24) is 15.4 Å². The Hall–Kier alpha value is -2.41. The number of hydrogen-bond acceptors (Lipinski definition) is 4. The van der Waals surface area contributed by atoms with Crippen molar-refractivity contribution in [3.8, 4) is 11.3 Å². The maximum atomic E-state index is 14.4. The van der Waals surface area contributed by atoms with Crippen molar-refractivity contribution in [2.75, 3.05) is 19.6 Å². The first-order valence-corrected chi connectivity index (χ1v) is 10.1. The fourth-order valence-electron chi connectivity index (χ4n) is 3.50. The molecule has 0 saturated carbocycles. The minimum Gasteiger partial charge on any atom is -0.360 e. The highest BCUT2D eigenvalue weighted by molar-refractivity contribution is 6.33. The molecule has 1 aromatic carbocycles. The molecule has 1 aliphatic heterocycles. The quantitative estimate of drug-likeness (QED) is 0.789. The van der Waals surface area contributed by atoms with Crippen molar-refractivity contribution in [1.29, 1.82) is 0 Å². The Labute approximate surface area is 174 Å². The number of likely N-dealkylation sites (tertiary alicyclic amines) is 1. The Bertz CT molecular complexity index is 892. The van der Waals surface area contributed by atoms with E-state index in [1.807, 2.05) is 13.8 Å². The highest BCUT2D eigenvalue weighted by atomic mass is 35.5. The summed E-state index contributed by atoms with van der Waals surface area (Å²) >= 11 is 6.16. The Morgan fingerprint density at radius 3 is 2.86 bits per heavy atom. The van der Waals surface area contributed by atoms with Gasteiger partial charge in [-0.05, 0) is 37.8 Å². The lowest BCUT2D eigenvalue weighted by atomic mass is 9.95. The van der Waals surface area contributed by atoms with E-state index in [1.165, 1.54) is 18.2 Å². The summed E-state index contributed by atoms with van der Waals surface area (Å²) < 4.78 is 19.6. The monoisotopic (exact) mass is 421 g/mol. The van der Waals surface area contributed by atoms with Crippen molar-refractivity contribution in [3.05, 3.63) is 40.4 Å². The smallest absolute Gasteiger partial charge is 0.259 e. The summed E-state index contributed by atoms with van der Waals surface area (Å²) in [5.74, 6) is -0.588. The lowest BCUT2D eigenvalue weighted by Gasteiger charge is -2.32. The van der Waals surface area contributed by atoms with Gasteiger partial charge in [-0.15, -0.1) is 0 Å². The molecule has 2 amide bonds. The number of nitrogens with one attached hydrogen (secondary N) is 1. The fourth-order valence-corrected chi connectivity index (χ4v) is 3.75. The Kier molecular flexibility index (Phi) is 6.57. The van der Waals surface area contributed by atoms with Crippen LogP contribution in [-0.4, -0.2) is 41.5 Å². The normalized spacial score (nSPS) is 16.9. The van der Waals surface area contributed by atoms with Crippen LogP contribution in [-0.2, 0) is 4.79 Å². The zero-order valence-electron chi connectivity index (χ0n) is 16.8. The average Bonchev–Trinajstić information content (AvgIpc) is 3.06. The SMILES string of the molecule is Cc1onc(-c2c(F)cccc2Cl)c1C(=O)N1CCC[C@@H](C(=O)NCC(C)C)C1. The van der Waals surface area contributed by atoms with Crippen LogP contribution < -0.4 is 5.32 Å². The van der Waals surface area contributed by atoms with Gasteiger partial charge < -0.3 is 14.7 Å². The molecule has 1 N–H and O–H groups in total. The number of nitrogens with zero attached hydrogens (tertiary/aromatic N) is 2. The molecule has 1 aromatic heterocycles. The summed E-state index contributed by atoms with van der Waals surface area (Å²) in [6.45, 7) is 7.08. The van der Waals surface area contributed by atoms with Crippen molar-refractivity contribution in [2.24, 2.45) is 11.8 Å². The van der Waals surface area contributed by atoms with E-state index in [-0.39, 0.29) is 45.3 Å². The van der Waals surface area contributed by atoms with Gasteiger partial charge in [0.15, 0.2) is 0 Å². The topological polar surface area (TPSA) is 75.4 Å². The molecule has 1 atom stereocenters. The summed E-state index contributed by atoms with van der Waals surface area (Å²) in [4.78, 5) is 27.3. The molecule has 0 bridgehead atoms. The zero-order valence-corrected chi connectivity index (χ0v) is 17.6. The average molecular weight is 422 g/mol. The van der Waals surface area contributed by atoms with Gasteiger partial charge in [0.1, 0.15) is 22.8 Å². The van der Waals surface area contributed by atoms with Gasteiger partial charge in [-0.1, -0.05) is 36.7 Å². The predicted molar refractivity (Wildman–Crippen MR) is 108 cm³/mol. The van der Waals surface area contributed by atoms with Crippen LogP contribution >= 0.6 is 11.6 Å². The first kappa shape index (κ1) is 21.3. The summed E-state index contributed by atoms with van der Waals surface area (Å²) in [5, 5.41) is 6.99. The number of piperidine rings is 1. The van der Waals surface area contributed by atoms with Gasteiger partial charge in [0.25, 0.3) is 5.91 Å². The van der Waals surface area contributed by atoms with E-state index in [0.717, 1.165) is 6.42 Å². The summed E-state index contributed by atoms with van der Waals surface area (Å²) in [6.07, 6.45) is 1.44. The van der Waals surface area contributed by atoms with Crippen molar-refractivity contribution < 1.29 is 18.5 Å². The van der Waals surface area contributed by atoms with E-state index in [1.54, 1.807) is 11.8 Å². The lowest BCUT2D eigenvalue weighted by Crippen LogP contribution is -2.46. The van der Waals surface area contributed by atoms with E-state index in [9.17, 15) is 14.0 Å². The number of halogens is 2. The first-order valence-electron chi connectivity index (χ1n) is 9.77. The summed E-state index contributed by atoms with van der Waals surface area (Å²) in [6, 6.07) is 4.28. The van der Waals surface area contributed by atoms with Gasteiger partial charge in [0, 0.05) is 19.6 Å². The van der Waals surface area contributed by atoms with E-state index in [4.69, 9.17) is 16.1 Å². The molecule has 8 heteroatoms. The van der Waals surface area contributed by atoms with Gasteiger partial charge in [-0.2, -0.15) is 0 Å². The molecule has 1 aliphatic rings. The minimum atomic E-state index is -0.579. The van der Waals surface area contributed by atoms with Crippen LogP contribution in [0.5, 0.6) is 0 Å². The van der Waals surface area contributed by atoms with Crippen LogP contribution in [0.15, 0.2) is 22.7 Å². The van der Waals surface area contributed by atoms with Crippen LogP contribution in [0.3, 0.4) is 0 Å². The number of benzene rings is 1. The second kappa shape index (κ2) is 8.95. The standard InChI is InChI=1S/C21H25ClFN3O3/c1-12(2)10-24-20(27)14-6-5-9-26(11-14)21(28)17-13(3)29-25-19(17)18-15(22)7-4-8-16(18)23/h4,7-8,12,14H,5-6,9-11H2,1-3H3,(H,24,27)/t14-/m1/s1. The molecule has 0 radical (unpaired) electrons. The van der Waals surface area contributed by atoms with E-state index in [2.05, 4.69) is 10.5 Å². The third kappa shape index (κ3) is 4.61. The summed E-state index contributed by atoms with van der Waals surface area (Å²) in [7, 11) is 0. The molecule has 0 aliphatic carbocycles. The molecule has 3 rings (SSSR count). The van der Waals surface area contributed by atoms with Crippen molar-refractivity contribution in [3.63, 3.8) is 0 Å². The maximum Gasteiger partial charge on any atom is 0.259 e. The number of carbonyl (C=O) groups is 2. The number of carbonyl (C=O) groups excluding carboxylic acids is 2. The van der Waals surface area contributed by atoms with Crippen LogP contribution in [0.4, 0.5) is 4.39 Å². The van der Waals surface area contributed by atoms with Gasteiger partial charge in [-0.3, -0.25) is 9.59 Å². The van der Waals surface area contributed by atoms with Crippen molar-refractivity contribution >= 4 is 23.4 Å². The van der Waals surface area contributed by atoms with E-state index in [0.29, 0.717) is 32.0 Å². The Balaban J connectivity index is 1.84. The Morgan fingerprint density at radius 1 is 1.41 bits per heavy atom. The molecular formula is C21H25ClFN3O3. The third-order valence-corrected chi connectivity index (χ3v) is 5.36. The highest BCUT2D eigenvalue weighted by Gasteiger charge is 2.33. The number of rotatable bonds is 5. The highest BCUT2D eigenvalue weighted by Crippen LogP contribution is 2.34. The molecule has 29 heavy (non-hydrogen) atoms. The molecule has 0 spiro atoms. The summed E-state index contributed by atoms with van der Waals surface area (Å²) in [5.41, 5.74) is 0.305. The molecule has 156 valence electrons. The lowest BCUT2D eigenvalue weighted by molar-refractivity contribution is -0.126. The van der Waals surface area contributed by atoms with Crippen LogP contribution in [0.2, 0.25) is 5.02 Å². The van der Waals surface area contributed by atoms with Gasteiger partial charge >= 0.3 is 0 Å². The second-order valence-corrected chi connectivity index (χ2v) is 8.20. The molecule has 6 nitrogen and oxygen atoms in total. The molecule has 2 aromatic rings. The number of aromatic nitrogens is 1. The molecular weight excluding hydrogens is 397 g/mol. The van der Waals surface area contributed by atoms with E-state index >= 15 is 0 Å². The second-order valence-electron chi connectivity index (χ2n) is 7.79. The molecule has 2 heterocycles. The Morgan fingerprint density at radius 2 is 2.17 bits per heavy atom. The number of hydrogen-bond donors (Lipinski definition) is 1. The van der Waals surface area contributed by atoms with Gasteiger partial charge in [0.2, 0.25) is 5.91 Å². The molecule has 1 saturated heterocycles. The molecule has 1 fully saturated rings. The van der Waals surface area contributed by atoms with Gasteiger partial charge in [-0.25, -0.2) is 4.39 Å². The minimum absolute atomic E-state index is 0.0394. The zero-order chi connectivity index (χ0) is 21.1. The van der Waals surface area contributed by atoms with E-state index < -0.39 is 5.82 Å². The number of amides is 2. The van der Waals surface area contributed by atoms with Crippen LogP contribution in [0.25, 0.3) is 11.3 Å². The fraction of sp³-hybridized carbons (Fsp3) is 0.476. The van der Waals surface area contributed by atoms with Crippen molar-refractivity contribution in [2.45, 2.75) is 33.6 Å². The van der Waals surface area contributed by atoms with Gasteiger partial charge in [0.05, 0.1) is 16.5 Å². The molecule has 0 unspecified atom stereocenters. The predicted octanol–water partition coefficient (Wildman–Crippen LogP) is 4.07. The van der Waals surface area contributed by atoms with Crippen LogP contribution in [0.1, 0.15) is 42.8 Å². The maximum absolute atomic E-state index is 14.4. The largest absolute Gasteiger partial charge is 0.360 e. The van der Waals surface area contributed by atoms with Crippen LogP contribution in [0, 0.1) is 24.6 Å². The first-order chi connectivity index (χ1) is 13.8. The third-order valence-electron chi connectivity index (χ3n) is 5.04. The number of aryl methyl sites for hydroxylation is 1.